The zero-order valence-electron chi connectivity index (χ0n) is 65.0. The maximum atomic E-state index is 14.8. The van der Waals surface area contributed by atoms with E-state index in [1.54, 1.807) is 4.57 Å². The number of nitrogens with zero attached hydrogens (tertiary/aromatic N) is 18. The molecule has 0 bridgehead atoms. The average molecular weight is 1990 g/mol. The predicted octanol–water partition coefficient (Wildman–Crippen LogP) is 1.24. The third-order valence-corrected chi connectivity index (χ3v) is 30.3. The minimum Gasteiger partial charge on any atom is -0.383 e. The second kappa shape index (κ2) is 37.1. The SMILES string of the molecule is CC[C@H]1O[C@@H](n2cnc3c(N)ncnc32)CC1OP(O)(=S)OC[C@H]1O[C@@H](n2ccc(N)nc2=O)CC1OP(=O)(S)OC[C@H]1O[C@@H](n2cnc3c(N)ncnc32)CC1OP(O)(=S)OC[C@H]1O[C@@H](n2cnc3c(=O)[nH]c(N)nc32)CC1OP(O)(=S)OC[C@H]1O[C@@H](n2ccc(N)nc2=O)CC1OP(O)(=S)OC[C@H]1O[C@@H](n2cnc3c(=O)[nH]c(N)nc32)CC1OP(O)(=S)OC. The number of hydrogen-bond acceptors (Lipinski definition) is 46. The first kappa shape index (κ1) is 92.5. The van der Waals surface area contributed by atoms with Crippen molar-refractivity contribution < 1.29 is 112 Å². The van der Waals surface area contributed by atoms with Crippen LogP contribution >= 0.6 is 52.6 Å². The van der Waals surface area contributed by atoms with Crippen molar-refractivity contribution in [3.63, 3.8) is 0 Å². The highest BCUT2D eigenvalue weighted by molar-refractivity contribution is 8.44. The maximum absolute atomic E-state index is 14.8. The molecule has 10 aromatic heterocycles. The third kappa shape index (κ3) is 20.8. The summed E-state index contributed by atoms with van der Waals surface area (Å²) in [6.07, 6.45) is -11.4. The van der Waals surface area contributed by atoms with Crippen molar-refractivity contribution in [2.24, 2.45) is 0 Å². The number of imidazole rings is 4. The zero-order valence-corrected chi connectivity index (χ0v) is 75.3. The molecule has 0 aromatic carbocycles. The normalized spacial score (nSPS) is 29.4. The van der Waals surface area contributed by atoms with Gasteiger partial charge in [0.25, 0.3) is 11.1 Å². The highest BCUT2D eigenvalue weighted by Gasteiger charge is 2.51. The van der Waals surface area contributed by atoms with Gasteiger partial charge in [0.15, 0.2) is 45.3 Å². The minimum absolute atomic E-state index is 0.0138. The van der Waals surface area contributed by atoms with E-state index in [-0.39, 0.29) is 107 Å². The lowest BCUT2D eigenvalue weighted by atomic mass is 10.1. The Balaban J connectivity index is 0.609. The third-order valence-electron chi connectivity index (χ3n) is 20.6. The Morgan fingerprint density at radius 1 is 0.413 bits per heavy atom. The average Bonchev–Trinajstić information content (AvgIpc) is 1.64. The number of nitrogens with two attached hydrogens (primary N) is 6. The number of aromatic nitrogens is 20. The van der Waals surface area contributed by atoms with Gasteiger partial charge in [-0.05, 0) is 77.6 Å². The summed E-state index contributed by atoms with van der Waals surface area (Å²) in [7, 11) is 1.13. The van der Waals surface area contributed by atoms with Crippen LogP contribution in [0, 0.1) is 0 Å². The van der Waals surface area contributed by atoms with E-state index in [0.717, 1.165) is 16.2 Å². The number of anilines is 6. The second-order valence-electron chi connectivity index (χ2n) is 28.7. The van der Waals surface area contributed by atoms with Gasteiger partial charge in [0.05, 0.1) is 95.0 Å². The quantitative estimate of drug-likeness (QED) is 0.0196. The molecule has 10 aromatic rings. The van der Waals surface area contributed by atoms with Gasteiger partial charge in [-0.3, -0.25) is 56.0 Å². The van der Waals surface area contributed by atoms with Crippen molar-refractivity contribution in [2.45, 2.75) is 162 Å². The molecule has 54 nitrogen and oxygen atoms in total. The zero-order chi connectivity index (χ0) is 89.4. The van der Waals surface area contributed by atoms with Gasteiger partial charge in [0.1, 0.15) is 109 Å². The summed E-state index contributed by atoms with van der Waals surface area (Å²) in [5.41, 5.74) is 33.5. The maximum Gasteiger partial charge on any atom is 0.386 e. The standard InChI is InChI=1S/C60H78N26O28P6S6/c1-3-25-26(8-41(103-25)83-21-71-45-49(63)67-19-69-51(45)83)110-116(92,122)98-15-33-28(9-39(104-33)81-6-4-37(61)75-59(81)89)112-118(94,124)101-17-35-30(12-42(106-35)84-22-72-46-50(64)68-20-70-52(46)84)113-120(96,126)102-18-36-31(13-44(108-36)86-24-74-48-54(86)78-58(66)80-56(48)88)114-119(95,125)100-16-34-29(10-40(105-34)82-7-5-38(62)76-60(82)90)111-117(93,123)99-14-32-27(109-115(91,121)97-2)11-43(107-32)85-23-73-47-53(85)77-57(65)79-55(47)87/h4-7,19-36,39-44H,3,8-18H2,1-2H3,(H,91,121)(H,92,122)(H,93,123)(H,94,124)(H,95,125)(H,96,126)(H2,61,75,89)(H2,62,76,90)(H2,63,67,69)(H2,64,68,70)(H3,65,77,79,87)(H3,66,78,80,88)/t25-,26?,27?,28?,29?,30?,31?,32-,33-,34-,35-,36-,39-,40-,41-,42-,43-,44-,115?,116?,117?,118?,119?,120?/m1/s1. The Bertz CT molecular complexity index is 6340. The van der Waals surface area contributed by atoms with E-state index in [1.165, 1.54) is 76.2 Å². The Kier molecular flexibility index (Phi) is 27.3. The van der Waals surface area contributed by atoms with E-state index in [1.807, 2.05) is 6.92 Å². The fourth-order valence-corrected chi connectivity index (χ4v) is 23.2. The molecule has 126 heavy (non-hydrogen) atoms. The number of fused-ring (bicyclic) bond motifs is 4. The van der Waals surface area contributed by atoms with E-state index < -0.39 is 207 Å². The highest BCUT2D eigenvalue weighted by atomic mass is 32.7. The molecule has 16 rings (SSSR count). The smallest absolute Gasteiger partial charge is 0.383 e. The lowest BCUT2D eigenvalue weighted by molar-refractivity contribution is -0.0557. The first-order chi connectivity index (χ1) is 59.7. The van der Waals surface area contributed by atoms with E-state index in [0.29, 0.717) is 17.6 Å². The summed E-state index contributed by atoms with van der Waals surface area (Å²) in [6.45, 7) is -28.2. The number of H-pyrrole nitrogens is 2. The fraction of sp³-hybridized carbons (Fsp3) is 0.533. The molecule has 682 valence electrons. The molecule has 6 saturated heterocycles. The van der Waals surface area contributed by atoms with Crippen LogP contribution in [0.25, 0.3) is 44.7 Å². The highest BCUT2D eigenvalue weighted by Crippen LogP contribution is 2.60. The van der Waals surface area contributed by atoms with Crippen LogP contribution < -0.4 is 56.9 Å². The number of ether oxygens (including phenoxy) is 6. The molecular formula is C60H78N26O28P6S6. The first-order valence-corrected chi connectivity index (χ1v) is 53.2. The summed E-state index contributed by atoms with van der Waals surface area (Å²) in [5.74, 6) is -0.590. The van der Waals surface area contributed by atoms with Crippen molar-refractivity contribution in [1.82, 2.24) is 97.2 Å². The molecule has 24 atom stereocenters. The first-order valence-electron chi connectivity index (χ1n) is 37.5. The van der Waals surface area contributed by atoms with E-state index in [2.05, 4.69) is 82.0 Å². The molecule has 0 saturated carbocycles. The van der Waals surface area contributed by atoms with Gasteiger partial charge in [-0.15, -0.1) is 0 Å². The van der Waals surface area contributed by atoms with Gasteiger partial charge in [-0.25, -0.2) is 54.0 Å². The Morgan fingerprint density at radius 3 is 1.04 bits per heavy atom. The number of hydrogen-bond donors (Lipinski definition) is 14. The molecule has 0 amide bonds. The summed E-state index contributed by atoms with van der Waals surface area (Å²) < 4.78 is 133. The van der Waals surface area contributed by atoms with Crippen molar-refractivity contribution >= 4 is 191 Å². The van der Waals surface area contributed by atoms with Crippen LogP contribution in [0.3, 0.4) is 0 Å². The number of aromatic amines is 2. The molecule has 19 N–H and O–H groups in total. The Morgan fingerprint density at radius 2 is 0.706 bits per heavy atom. The van der Waals surface area contributed by atoms with Crippen LogP contribution in [0.4, 0.5) is 35.2 Å². The van der Waals surface area contributed by atoms with E-state index in [9.17, 15) is 48.2 Å². The van der Waals surface area contributed by atoms with Crippen LogP contribution in [-0.4, -0.2) is 235 Å². The number of nitrogen functional groups attached to an aromatic ring is 6. The van der Waals surface area contributed by atoms with Gasteiger partial charge in [-0.1, -0.05) is 19.2 Å². The molecule has 0 radical (unpaired) electrons. The summed E-state index contributed by atoms with van der Waals surface area (Å²) >= 11 is 32.1. The number of rotatable bonds is 35. The van der Waals surface area contributed by atoms with E-state index in [4.69, 9.17) is 176 Å². The van der Waals surface area contributed by atoms with Crippen LogP contribution in [0.2, 0.25) is 0 Å². The summed E-state index contributed by atoms with van der Waals surface area (Å²) in [6, 6.07) is 2.65. The number of thiol groups is 1. The van der Waals surface area contributed by atoms with Crippen molar-refractivity contribution in [2.75, 3.05) is 74.5 Å². The van der Waals surface area contributed by atoms with Gasteiger partial charge in [0, 0.05) is 58.0 Å². The Labute approximate surface area is 737 Å². The summed E-state index contributed by atoms with van der Waals surface area (Å²) in [5, 5.41) is 0. The van der Waals surface area contributed by atoms with Gasteiger partial charge in [0.2, 0.25) is 11.9 Å². The van der Waals surface area contributed by atoms with Gasteiger partial charge in [-0.2, -0.15) is 19.9 Å². The molecule has 66 heteroatoms. The van der Waals surface area contributed by atoms with Crippen molar-refractivity contribution in [3.05, 3.63) is 104 Å². The van der Waals surface area contributed by atoms with E-state index >= 15 is 0 Å². The Hall–Kier alpha value is -6.73. The van der Waals surface area contributed by atoms with Crippen LogP contribution in [0.1, 0.15) is 89.2 Å². The van der Waals surface area contributed by atoms with Crippen LogP contribution in [0.15, 0.2) is 81.7 Å². The van der Waals surface area contributed by atoms with Crippen molar-refractivity contribution in [1.29, 1.82) is 0 Å². The van der Waals surface area contributed by atoms with Crippen LogP contribution in [0.5, 0.6) is 0 Å². The van der Waals surface area contributed by atoms with Gasteiger partial charge < -0.3 is 133 Å². The van der Waals surface area contributed by atoms with Crippen LogP contribution in [-0.2, 0) is 146 Å². The topological polar surface area (TPSA) is 725 Å². The second-order valence-corrected chi connectivity index (χ2v) is 45.7. The van der Waals surface area contributed by atoms with Gasteiger partial charge >= 0.3 is 51.8 Å². The number of nitrogens with one attached hydrogen (secondary N) is 2. The molecular weight excluding hydrogens is 1910 g/mol. The van der Waals surface area contributed by atoms with Crippen molar-refractivity contribution in [3.8, 4) is 0 Å². The molecule has 0 aliphatic carbocycles. The minimum atomic E-state index is -4.70. The monoisotopic (exact) mass is 1990 g/mol. The molecule has 6 fully saturated rings. The summed E-state index contributed by atoms with van der Waals surface area (Å²) in [4.78, 5) is 166. The molecule has 6 aliphatic heterocycles. The lowest BCUT2D eigenvalue weighted by Gasteiger charge is -2.28. The lowest BCUT2D eigenvalue weighted by Crippen LogP contribution is -2.32. The predicted molar refractivity (Wildman–Crippen MR) is 457 cm³/mol. The molecule has 12 unspecified atom stereocenters. The largest absolute Gasteiger partial charge is 0.386 e. The molecule has 16 heterocycles. The molecule has 6 aliphatic rings. The fourth-order valence-electron chi connectivity index (χ4n) is 14.8. The molecule has 0 spiro atoms.